The number of carbonyl (C=O) groups excluding carboxylic acids is 1. The minimum absolute atomic E-state index is 0.123. The van der Waals surface area contributed by atoms with Crippen LogP contribution in [0, 0.1) is 11.8 Å². The van der Waals surface area contributed by atoms with Crippen LogP contribution in [-0.2, 0) is 0 Å². The first kappa shape index (κ1) is 15.9. The summed E-state index contributed by atoms with van der Waals surface area (Å²) in [7, 11) is 0. The number of carbonyl (C=O) groups is 1. The highest BCUT2D eigenvalue weighted by Crippen LogP contribution is 2.17. The van der Waals surface area contributed by atoms with Crippen LogP contribution in [0.2, 0.25) is 5.02 Å². The smallest absolute Gasteiger partial charge is 0.251 e. The Bertz CT molecular complexity index is 508. The van der Waals surface area contributed by atoms with Crippen molar-refractivity contribution in [2.24, 2.45) is 5.73 Å². The summed E-state index contributed by atoms with van der Waals surface area (Å²) in [5.74, 6) is 6.34. The van der Waals surface area contributed by atoms with Crippen molar-refractivity contribution >= 4 is 29.3 Å². The quantitative estimate of drug-likeness (QED) is 0.837. The summed E-state index contributed by atoms with van der Waals surface area (Å²) in [5.41, 5.74) is 6.52. The van der Waals surface area contributed by atoms with Gasteiger partial charge in [0.15, 0.2) is 0 Å². The number of hydrogen-bond acceptors (Lipinski definition) is 3. The number of thioether (sulfide) groups is 1. The molecule has 0 aromatic heterocycles. The molecule has 0 aliphatic heterocycles. The fourth-order valence-electron chi connectivity index (χ4n) is 1.50. The lowest BCUT2D eigenvalue weighted by atomic mass is 10.1. The van der Waals surface area contributed by atoms with Gasteiger partial charge in [0.2, 0.25) is 0 Å². The summed E-state index contributed by atoms with van der Waals surface area (Å²) >= 11 is 7.77. The van der Waals surface area contributed by atoms with Crippen LogP contribution in [-0.4, -0.2) is 30.5 Å². The molecule has 1 rings (SSSR count). The number of hydrogen-bond donors (Lipinski definition) is 2. The molecule has 0 heterocycles. The van der Waals surface area contributed by atoms with Crippen LogP contribution >= 0.6 is 23.4 Å². The lowest BCUT2D eigenvalue weighted by Crippen LogP contribution is -2.34. The van der Waals surface area contributed by atoms with E-state index in [1.54, 1.807) is 30.0 Å². The fraction of sp³-hybridized carbons (Fsp3) is 0.357. The average molecular weight is 297 g/mol. The summed E-state index contributed by atoms with van der Waals surface area (Å²) in [6.07, 6.45) is 2.00. The van der Waals surface area contributed by atoms with Gasteiger partial charge < -0.3 is 11.1 Å². The van der Waals surface area contributed by atoms with E-state index in [4.69, 9.17) is 17.3 Å². The molecule has 3 nitrogen and oxygen atoms in total. The Kier molecular flexibility index (Phi) is 6.79. The maximum Gasteiger partial charge on any atom is 0.251 e. The first-order valence-electron chi connectivity index (χ1n) is 5.86. The fourth-order valence-corrected chi connectivity index (χ4v) is 2.31. The average Bonchev–Trinajstić information content (AvgIpc) is 2.37. The van der Waals surface area contributed by atoms with Crippen molar-refractivity contribution in [2.75, 3.05) is 18.6 Å². The van der Waals surface area contributed by atoms with Gasteiger partial charge in [-0.2, -0.15) is 11.8 Å². The van der Waals surface area contributed by atoms with E-state index in [9.17, 15) is 4.79 Å². The molecule has 0 saturated carbocycles. The van der Waals surface area contributed by atoms with E-state index in [2.05, 4.69) is 17.2 Å². The van der Waals surface area contributed by atoms with Crippen molar-refractivity contribution in [1.82, 2.24) is 5.32 Å². The molecule has 0 radical (unpaired) electrons. The number of nitrogens with one attached hydrogen (secondary N) is 1. The lowest BCUT2D eigenvalue weighted by molar-refractivity contribution is 0.0944. The van der Waals surface area contributed by atoms with Crippen molar-refractivity contribution in [1.29, 1.82) is 0 Å². The highest BCUT2D eigenvalue weighted by Gasteiger charge is 2.10. The van der Waals surface area contributed by atoms with E-state index < -0.39 is 0 Å². The zero-order valence-corrected chi connectivity index (χ0v) is 12.6. The molecule has 0 aliphatic rings. The molecule has 0 aliphatic carbocycles. The monoisotopic (exact) mass is 296 g/mol. The normalized spacial score (nSPS) is 11.4. The van der Waals surface area contributed by atoms with Crippen LogP contribution in [0.4, 0.5) is 0 Å². The zero-order valence-electron chi connectivity index (χ0n) is 11.0. The molecule has 19 heavy (non-hydrogen) atoms. The molecular formula is C14H17ClN2OS. The topological polar surface area (TPSA) is 55.1 Å². The Morgan fingerprint density at radius 1 is 1.58 bits per heavy atom. The second-order valence-electron chi connectivity index (χ2n) is 4.03. The van der Waals surface area contributed by atoms with E-state index >= 15 is 0 Å². The molecule has 3 N–H and O–H groups in total. The highest BCUT2D eigenvalue weighted by molar-refractivity contribution is 7.98. The molecule has 0 bridgehead atoms. The molecule has 5 heteroatoms. The van der Waals surface area contributed by atoms with Crippen LogP contribution in [0.25, 0.3) is 0 Å². The van der Waals surface area contributed by atoms with Gasteiger partial charge in [0.25, 0.3) is 5.91 Å². The standard InChI is InChI=1S/C14H17ClN2OS/c1-10(9-19-2)17-14(18)12-6-5-11(4-3-7-16)13(15)8-12/h5-6,8,10H,7,9,16H2,1-2H3,(H,17,18). The summed E-state index contributed by atoms with van der Waals surface area (Å²) in [5, 5.41) is 3.38. The maximum atomic E-state index is 12.0. The minimum Gasteiger partial charge on any atom is -0.349 e. The van der Waals surface area contributed by atoms with E-state index in [0.29, 0.717) is 16.1 Å². The van der Waals surface area contributed by atoms with Crippen molar-refractivity contribution in [3.05, 3.63) is 34.3 Å². The Hall–Kier alpha value is -1.15. The van der Waals surface area contributed by atoms with Crippen LogP contribution in [0.3, 0.4) is 0 Å². The minimum atomic E-state index is -0.123. The van der Waals surface area contributed by atoms with Gasteiger partial charge in [0.05, 0.1) is 11.6 Å². The summed E-state index contributed by atoms with van der Waals surface area (Å²) < 4.78 is 0. The largest absolute Gasteiger partial charge is 0.349 e. The Balaban J connectivity index is 2.80. The van der Waals surface area contributed by atoms with Crippen molar-refractivity contribution in [2.45, 2.75) is 13.0 Å². The number of amides is 1. The van der Waals surface area contributed by atoms with Gasteiger partial charge in [0, 0.05) is 22.9 Å². The number of benzene rings is 1. The van der Waals surface area contributed by atoms with Crippen LogP contribution in [0.1, 0.15) is 22.8 Å². The predicted molar refractivity (Wildman–Crippen MR) is 82.7 cm³/mol. The molecule has 1 atom stereocenters. The van der Waals surface area contributed by atoms with Crippen LogP contribution in [0.15, 0.2) is 18.2 Å². The highest BCUT2D eigenvalue weighted by atomic mass is 35.5. The molecular weight excluding hydrogens is 280 g/mol. The lowest BCUT2D eigenvalue weighted by Gasteiger charge is -2.12. The first-order valence-corrected chi connectivity index (χ1v) is 7.64. The van der Waals surface area contributed by atoms with Gasteiger partial charge in [-0.1, -0.05) is 23.4 Å². The van der Waals surface area contributed by atoms with Gasteiger partial charge in [-0.15, -0.1) is 0 Å². The molecule has 1 amide bonds. The van der Waals surface area contributed by atoms with Gasteiger partial charge in [-0.05, 0) is 31.4 Å². The first-order chi connectivity index (χ1) is 9.08. The van der Waals surface area contributed by atoms with E-state index in [1.165, 1.54) is 0 Å². The SMILES string of the molecule is CSCC(C)NC(=O)c1ccc(C#CCN)c(Cl)c1. The third kappa shape index (κ3) is 5.15. The van der Waals surface area contributed by atoms with Crippen LogP contribution < -0.4 is 11.1 Å². The molecule has 0 fully saturated rings. The second kappa shape index (κ2) is 8.11. The van der Waals surface area contributed by atoms with Gasteiger partial charge in [0.1, 0.15) is 0 Å². The van der Waals surface area contributed by atoms with Crippen molar-refractivity contribution in [3.63, 3.8) is 0 Å². The van der Waals surface area contributed by atoms with E-state index in [0.717, 1.165) is 5.75 Å². The van der Waals surface area contributed by atoms with Crippen molar-refractivity contribution < 1.29 is 4.79 Å². The Morgan fingerprint density at radius 3 is 2.89 bits per heavy atom. The van der Waals surface area contributed by atoms with Crippen LogP contribution in [0.5, 0.6) is 0 Å². The molecule has 0 saturated heterocycles. The molecule has 1 aromatic rings. The number of halogens is 1. The third-order valence-corrected chi connectivity index (χ3v) is 3.50. The molecule has 102 valence electrons. The summed E-state index contributed by atoms with van der Waals surface area (Å²) in [6, 6.07) is 5.20. The van der Waals surface area contributed by atoms with Gasteiger partial charge in [-0.3, -0.25) is 4.79 Å². The van der Waals surface area contributed by atoms with Gasteiger partial charge >= 0.3 is 0 Å². The van der Waals surface area contributed by atoms with Crippen molar-refractivity contribution in [3.8, 4) is 11.8 Å². The van der Waals surface area contributed by atoms with Gasteiger partial charge in [-0.25, -0.2) is 0 Å². The number of nitrogens with two attached hydrogens (primary N) is 1. The zero-order chi connectivity index (χ0) is 14.3. The predicted octanol–water partition coefficient (Wildman–Crippen LogP) is 2.13. The third-order valence-electron chi connectivity index (χ3n) is 2.35. The van der Waals surface area contributed by atoms with E-state index in [-0.39, 0.29) is 18.5 Å². The van der Waals surface area contributed by atoms with E-state index in [1.807, 2.05) is 13.2 Å². The molecule has 0 spiro atoms. The molecule has 1 unspecified atom stereocenters. The Morgan fingerprint density at radius 2 is 2.32 bits per heavy atom. The second-order valence-corrected chi connectivity index (χ2v) is 5.35. The number of rotatable bonds is 4. The molecule has 1 aromatic carbocycles. The summed E-state index contributed by atoms with van der Waals surface area (Å²) in [6.45, 7) is 2.25. The summed E-state index contributed by atoms with van der Waals surface area (Å²) in [4.78, 5) is 12.0. The Labute approximate surface area is 123 Å². The maximum absolute atomic E-state index is 12.0.